The van der Waals surface area contributed by atoms with E-state index >= 15 is 0 Å². The molecular formula is C22H20ClN3O3. The van der Waals surface area contributed by atoms with Crippen molar-refractivity contribution in [1.82, 2.24) is 14.3 Å². The van der Waals surface area contributed by atoms with Crippen molar-refractivity contribution in [3.05, 3.63) is 65.1 Å². The zero-order valence-corrected chi connectivity index (χ0v) is 16.5. The van der Waals surface area contributed by atoms with Gasteiger partial charge < -0.3 is 14.4 Å². The average Bonchev–Trinajstić information content (AvgIpc) is 3.36. The van der Waals surface area contributed by atoms with Crippen LogP contribution in [0, 0.1) is 0 Å². The number of ether oxygens (including phenoxy) is 2. The molecule has 4 heterocycles. The lowest BCUT2D eigenvalue weighted by atomic mass is 10.0. The number of hydrogen-bond donors (Lipinski definition) is 0. The smallest absolute Gasteiger partial charge is 0.247 e. The number of halogens is 1. The average molecular weight is 410 g/mol. The third-order valence-electron chi connectivity index (χ3n) is 5.39. The Kier molecular flexibility index (Phi) is 4.64. The first-order chi connectivity index (χ1) is 14.2. The molecule has 0 spiro atoms. The van der Waals surface area contributed by atoms with Gasteiger partial charge in [-0.3, -0.25) is 9.20 Å². The van der Waals surface area contributed by atoms with E-state index in [1.165, 1.54) is 0 Å². The van der Waals surface area contributed by atoms with Gasteiger partial charge in [0.2, 0.25) is 5.91 Å². The standard InChI is InChI=1S/C22H20ClN3O3/c23-22-17(25-10-2-1-5-20(25)24-22)7-9-21(27)26-11-3-4-16(26)15-6-8-18-19(14-15)29-13-12-28-18/h1-2,5-10,14,16H,3-4,11-13H2. The molecule has 0 aliphatic carbocycles. The molecule has 29 heavy (non-hydrogen) atoms. The lowest BCUT2D eigenvalue weighted by molar-refractivity contribution is -0.126. The van der Waals surface area contributed by atoms with Crippen LogP contribution in [-0.2, 0) is 4.79 Å². The van der Waals surface area contributed by atoms with Crippen molar-refractivity contribution in [3.63, 3.8) is 0 Å². The van der Waals surface area contributed by atoms with E-state index in [0.29, 0.717) is 24.1 Å². The lowest BCUT2D eigenvalue weighted by Crippen LogP contribution is -2.29. The molecule has 0 N–H and O–H groups in total. The second-order valence-corrected chi connectivity index (χ2v) is 7.50. The molecular weight excluding hydrogens is 390 g/mol. The van der Waals surface area contributed by atoms with Crippen molar-refractivity contribution < 1.29 is 14.3 Å². The third kappa shape index (κ3) is 3.34. The van der Waals surface area contributed by atoms with Crippen LogP contribution < -0.4 is 9.47 Å². The van der Waals surface area contributed by atoms with Crippen molar-refractivity contribution in [2.75, 3.05) is 19.8 Å². The van der Waals surface area contributed by atoms with Crippen LogP contribution in [0.3, 0.4) is 0 Å². The van der Waals surface area contributed by atoms with Gasteiger partial charge in [0.15, 0.2) is 16.7 Å². The Morgan fingerprint density at radius 3 is 2.93 bits per heavy atom. The first-order valence-electron chi connectivity index (χ1n) is 9.71. The van der Waals surface area contributed by atoms with E-state index in [-0.39, 0.29) is 11.9 Å². The summed E-state index contributed by atoms with van der Waals surface area (Å²) in [7, 11) is 0. The number of imidazole rings is 1. The molecule has 2 aliphatic heterocycles. The van der Waals surface area contributed by atoms with Crippen LogP contribution in [0.4, 0.5) is 0 Å². The van der Waals surface area contributed by atoms with Gasteiger partial charge in [-0.2, -0.15) is 0 Å². The van der Waals surface area contributed by atoms with Gasteiger partial charge in [0.25, 0.3) is 0 Å². The van der Waals surface area contributed by atoms with Crippen LogP contribution >= 0.6 is 11.6 Å². The molecule has 1 atom stereocenters. The summed E-state index contributed by atoms with van der Waals surface area (Å²) in [6.45, 7) is 1.84. The minimum absolute atomic E-state index is 0.0284. The van der Waals surface area contributed by atoms with E-state index in [4.69, 9.17) is 21.1 Å². The molecule has 1 fully saturated rings. The summed E-state index contributed by atoms with van der Waals surface area (Å²) in [5.41, 5.74) is 2.52. The number of amides is 1. The second-order valence-electron chi connectivity index (χ2n) is 7.14. The zero-order valence-electron chi connectivity index (χ0n) is 15.8. The number of aromatic nitrogens is 2. The van der Waals surface area contributed by atoms with Crippen molar-refractivity contribution in [2.24, 2.45) is 0 Å². The molecule has 5 rings (SSSR count). The Bertz CT molecular complexity index is 1110. The first-order valence-corrected chi connectivity index (χ1v) is 10.1. The Morgan fingerprint density at radius 1 is 1.17 bits per heavy atom. The van der Waals surface area contributed by atoms with Gasteiger partial charge in [-0.05, 0) is 48.7 Å². The summed E-state index contributed by atoms with van der Waals surface area (Å²) < 4.78 is 13.2. The van der Waals surface area contributed by atoms with E-state index in [2.05, 4.69) is 4.98 Å². The fourth-order valence-electron chi connectivity index (χ4n) is 4.03. The number of likely N-dealkylation sites (tertiary alicyclic amines) is 1. The van der Waals surface area contributed by atoms with Crippen LogP contribution in [0.2, 0.25) is 5.15 Å². The van der Waals surface area contributed by atoms with Crippen molar-refractivity contribution in [3.8, 4) is 11.5 Å². The normalized spacial score (nSPS) is 18.7. The maximum Gasteiger partial charge on any atom is 0.247 e. The van der Waals surface area contributed by atoms with E-state index < -0.39 is 0 Å². The van der Waals surface area contributed by atoms with Crippen LogP contribution in [-0.4, -0.2) is 40.0 Å². The quantitative estimate of drug-likeness (QED) is 0.610. The molecule has 1 unspecified atom stereocenters. The summed E-state index contributed by atoms with van der Waals surface area (Å²) in [5, 5.41) is 0.380. The molecule has 1 saturated heterocycles. The summed E-state index contributed by atoms with van der Waals surface area (Å²) in [5.74, 6) is 1.48. The molecule has 6 nitrogen and oxygen atoms in total. The maximum absolute atomic E-state index is 13.0. The van der Waals surface area contributed by atoms with Crippen LogP contribution in [0.1, 0.15) is 30.1 Å². The first kappa shape index (κ1) is 18.1. The second kappa shape index (κ2) is 7.44. The molecule has 0 bridgehead atoms. The minimum Gasteiger partial charge on any atom is -0.486 e. The number of rotatable bonds is 3. The number of benzene rings is 1. The molecule has 7 heteroatoms. The van der Waals surface area contributed by atoms with Gasteiger partial charge in [-0.15, -0.1) is 0 Å². The van der Waals surface area contributed by atoms with E-state index in [1.54, 1.807) is 12.2 Å². The number of hydrogen-bond acceptors (Lipinski definition) is 4. The Morgan fingerprint density at radius 2 is 2.03 bits per heavy atom. The van der Waals surface area contributed by atoms with Crippen LogP contribution in [0.5, 0.6) is 11.5 Å². The number of pyridine rings is 1. The number of nitrogens with zero attached hydrogens (tertiary/aromatic N) is 3. The van der Waals surface area contributed by atoms with Crippen molar-refractivity contribution in [1.29, 1.82) is 0 Å². The molecule has 148 valence electrons. The van der Waals surface area contributed by atoms with Gasteiger partial charge in [0.05, 0.1) is 11.7 Å². The molecule has 1 amide bonds. The minimum atomic E-state index is -0.0377. The third-order valence-corrected chi connectivity index (χ3v) is 5.67. The largest absolute Gasteiger partial charge is 0.486 e. The lowest BCUT2D eigenvalue weighted by Gasteiger charge is -2.26. The van der Waals surface area contributed by atoms with Crippen LogP contribution in [0.25, 0.3) is 11.7 Å². The SMILES string of the molecule is O=C(C=Cc1c(Cl)nc2ccccn12)N1CCCC1c1ccc2c(c1)OCCO2. The van der Waals surface area contributed by atoms with Gasteiger partial charge in [0, 0.05) is 18.8 Å². The van der Waals surface area contributed by atoms with Gasteiger partial charge in [0.1, 0.15) is 18.9 Å². The monoisotopic (exact) mass is 409 g/mol. The molecule has 1 aromatic carbocycles. The zero-order chi connectivity index (χ0) is 19.8. The Balaban J connectivity index is 1.39. The van der Waals surface area contributed by atoms with Crippen molar-refractivity contribution in [2.45, 2.75) is 18.9 Å². The van der Waals surface area contributed by atoms with Gasteiger partial charge in [-0.1, -0.05) is 23.7 Å². The maximum atomic E-state index is 13.0. The Labute approximate surface area is 173 Å². The summed E-state index contributed by atoms with van der Waals surface area (Å²) in [6, 6.07) is 11.7. The molecule has 2 aliphatic rings. The molecule has 0 saturated carbocycles. The van der Waals surface area contributed by atoms with E-state index in [0.717, 1.165) is 42.1 Å². The highest BCUT2D eigenvalue weighted by atomic mass is 35.5. The fourth-order valence-corrected chi connectivity index (χ4v) is 4.27. The van der Waals surface area contributed by atoms with Crippen LogP contribution in [0.15, 0.2) is 48.7 Å². The highest BCUT2D eigenvalue weighted by Crippen LogP contribution is 2.38. The predicted molar refractivity (Wildman–Crippen MR) is 110 cm³/mol. The highest BCUT2D eigenvalue weighted by molar-refractivity contribution is 6.31. The number of carbonyl (C=O) groups is 1. The highest BCUT2D eigenvalue weighted by Gasteiger charge is 2.30. The van der Waals surface area contributed by atoms with Gasteiger partial charge in [-0.25, -0.2) is 4.98 Å². The Hall–Kier alpha value is -2.99. The summed E-state index contributed by atoms with van der Waals surface area (Å²) in [6.07, 6.45) is 7.10. The molecule has 2 aromatic heterocycles. The fraction of sp³-hybridized carbons (Fsp3) is 0.273. The number of fused-ring (bicyclic) bond motifs is 2. The summed E-state index contributed by atoms with van der Waals surface area (Å²) in [4.78, 5) is 19.2. The summed E-state index contributed by atoms with van der Waals surface area (Å²) >= 11 is 6.27. The predicted octanol–water partition coefficient (Wildman–Crippen LogP) is 4.14. The topological polar surface area (TPSA) is 56.1 Å². The molecule has 3 aromatic rings. The molecule has 0 radical (unpaired) electrons. The van der Waals surface area contributed by atoms with Gasteiger partial charge >= 0.3 is 0 Å². The number of carbonyl (C=O) groups excluding carboxylic acids is 1. The van der Waals surface area contributed by atoms with Crippen molar-refractivity contribution >= 4 is 29.2 Å². The van der Waals surface area contributed by atoms with E-state index in [9.17, 15) is 4.79 Å². The van der Waals surface area contributed by atoms with E-state index in [1.807, 2.05) is 51.9 Å².